The zero-order valence-corrected chi connectivity index (χ0v) is 10.4. The Hall–Kier alpha value is -1.88. The normalized spacial score (nSPS) is 16.4. The summed E-state index contributed by atoms with van der Waals surface area (Å²) in [6, 6.07) is 12.0. The summed E-state index contributed by atoms with van der Waals surface area (Å²) in [5.41, 5.74) is 1.56. The number of nitrogens with two attached hydrogens (primary N) is 1. The molecule has 0 saturated carbocycles. The predicted molar refractivity (Wildman–Crippen MR) is 68.7 cm³/mol. The lowest BCUT2D eigenvalue weighted by molar-refractivity contribution is -0.244. The van der Waals surface area contributed by atoms with E-state index in [1.165, 1.54) is 42.5 Å². The first-order valence-corrected chi connectivity index (χ1v) is 5.99. The molecule has 0 spiro atoms. The molecule has 0 aromatic heterocycles. The molecule has 106 valence electrons. The van der Waals surface area contributed by atoms with Crippen molar-refractivity contribution in [1.82, 2.24) is 0 Å². The fourth-order valence-corrected chi connectivity index (χ4v) is 2.09. The Kier molecular flexibility index (Phi) is 3.81. The maximum atomic E-state index is 14.9. The SMILES string of the molecule is NC(c1ccccc1)C(F)(c1ccccc1)C(F)(F)F. The van der Waals surface area contributed by atoms with Crippen LogP contribution in [0.25, 0.3) is 0 Å². The summed E-state index contributed by atoms with van der Waals surface area (Å²) in [6.45, 7) is 0. The minimum atomic E-state index is -5.11. The molecular formula is C15H13F4N. The first-order chi connectivity index (χ1) is 9.37. The van der Waals surface area contributed by atoms with E-state index in [0.29, 0.717) is 0 Å². The summed E-state index contributed by atoms with van der Waals surface area (Å²) in [7, 11) is 0. The van der Waals surface area contributed by atoms with Gasteiger partial charge in [-0.25, -0.2) is 4.39 Å². The molecule has 20 heavy (non-hydrogen) atoms. The van der Waals surface area contributed by atoms with Crippen LogP contribution in [0.2, 0.25) is 0 Å². The molecule has 0 bridgehead atoms. The number of halogens is 4. The molecule has 2 N–H and O–H groups in total. The van der Waals surface area contributed by atoms with Gasteiger partial charge < -0.3 is 5.73 Å². The van der Waals surface area contributed by atoms with Crippen LogP contribution in [0.5, 0.6) is 0 Å². The molecule has 0 radical (unpaired) electrons. The number of hydrogen-bond acceptors (Lipinski definition) is 1. The van der Waals surface area contributed by atoms with Gasteiger partial charge in [0.25, 0.3) is 0 Å². The lowest BCUT2D eigenvalue weighted by Gasteiger charge is -2.33. The molecular weight excluding hydrogens is 270 g/mol. The van der Waals surface area contributed by atoms with Crippen molar-refractivity contribution in [2.75, 3.05) is 0 Å². The lowest BCUT2D eigenvalue weighted by atomic mass is 9.84. The van der Waals surface area contributed by atoms with Crippen LogP contribution in [0.1, 0.15) is 17.2 Å². The molecule has 0 fully saturated rings. The van der Waals surface area contributed by atoms with Gasteiger partial charge in [0.15, 0.2) is 0 Å². The van der Waals surface area contributed by atoms with Gasteiger partial charge >= 0.3 is 6.18 Å². The highest BCUT2D eigenvalue weighted by Gasteiger charge is 2.61. The minimum Gasteiger partial charge on any atom is -0.321 e. The molecule has 0 aliphatic rings. The highest BCUT2D eigenvalue weighted by Crippen LogP contribution is 2.49. The minimum absolute atomic E-state index is 0.0937. The molecule has 2 aromatic carbocycles. The third-order valence-corrected chi connectivity index (χ3v) is 3.19. The van der Waals surface area contributed by atoms with Crippen LogP contribution < -0.4 is 5.73 Å². The second-order valence-corrected chi connectivity index (χ2v) is 4.46. The molecule has 2 unspecified atom stereocenters. The molecule has 1 nitrogen and oxygen atoms in total. The second kappa shape index (κ2) is 5.25. The molecule has 2 rings (SSSR count). The van der Waals surface area contributed by atoms with Gasteiger partial charge in [-0.05, 0) is 5.56 Å². The summed E-state index contributed by atoms with van der Waals surface area (Å²) in [5, 5.41) is 0. The molecule has 0 aliphatic heterocycles. The topological polar surface area (TPSA) is 26.0 Å². The third kappa shape index (κ3) is 2.41. The van der Waals surface area contributed by atoms with E-state index >= 15 is 0 Å². The lowest BCUT2D eigenvalue weighted by Crippen LogP contribution is -2.47. The quantitative estimate of drug-likeness (QED) is 0.843. The Bertz CT molecular complexity index is 553. The first kappa shape index (κ1) is 14.5. The van der Waals surface area contributed by atoms with E-state index < -0.39 is 23.5 Å². The van der Waals surface area contributed by atoms with Crippen LogP contribution in [0.4, 0.5) is 17.6 Å². The highest BCUT2D eigenvalue weighted by atomic mass is 19.4. The summed E-state index contributed by atoms with van der Waals surface area (Å²) >= 11 is 0. The molecule has 0 heterocycles. The standard InChI is InChI=1S/C15H13F4N/c16-14(15(17,18)19,12-9-5-2-6-10-12)13(20)11-7-3-1-4-8-11/h1-10,13H,20H2. The van der Waals surface area contributed by atoms with Crippen molar-refractivity contribution in [2.45, 2.75) is 17.9 Å². The summed E-state index contributed by atoms with van der Waals surface area (Å²) in [5.74, 6) is 0. The first-order valence-electron chi connectivity index (χ1n) is 5.99. The van der Waals surface area contributed by atoms with Crippen LogP contribution in [-0.4, -0.2) is 6.18 Å². The van der Waals surface area contributed by atoms with Crippen molar-refractivity contribution in [1.29, 1.82) is 0 Å². The number of benzene rings is 2. The maximum absolute atomic E-state index is 14.9. The number of rotatable bonds is 3. The van der Waals surface area contributed by atoms with Gasteiger partial charge in [-0.1, -0.05) is 60.7 Å². The Morgan fingerprint density at radius 3 is 1.65 bits per heavy atom. The van der Waals surface area contributed by atoms with Crippen molar-refractivity contribution >= 4 is 0 Å². The maximum Gasteiger partial charge on any atom is 0.428 e. The van der Waals surface area contributed by atoms with Crippen LogP contribution in [0, 0.1) is 0 Å². The molecule has 2 aromatic rings. The van der Waals surface area contributed by atoms with Gasteiger partial charge in [0.05, 0.1) is 6.04 Å². The van der Waals surface area contributed by atoms with Gasteiger partial charge in [-0.2, -0.15) is 13.2 Å². The van der Waals surface area contributed by atoms with Gasteiger partial charge in [0.2, 0.25) is 5.67 Å². The summed E-state index contributed by atoms with van der Waals surface area (Å²) in [6.07, 6.45) is -5.11. The van der Waals surface area contributed by atoms with Gasteiger partial charge in [-0.15, -0.1) is 0 Å². The zero-order valence-electron chi connectivity index (χ0n) is 10.4. The van der Waals surface area contributed by atoms with E-state index in [9.17, 15) is 17.6 Å². The zero-order chi connectivity index (χ0) is 14.8. The number of alkyl halides is 4. The van der Waals surface area contributed by atoms with E-state index in [-0.39, 0.29) is 5.56 Å². The summed E-state index contributed by atoms with van der Waals surface area (Å²) in [4.78, 5) is 0. The Balaban J connectivity index is 2.54. The predicted octanol–water partition coefficient (Wildman–Crippen LogP) is 4.11. The largest absolute Gasteiger partial charge is 0.428 e. The van der Waals surface area contributed by atoms with Crippen molar-refractivity contribution < 1.29 is 17.6 Å². The molecule has 2 atom stereocenters. The van der Waals surface area contributed by atoms with E-state index in [0.717, 1.165) is 12.1 Å². The Morgan fingerprint density at radius 2 is 1.20 bits per heavy atom. The molecule has 0 amide bonds. The fraction of sp³-hybridized carbons (Fsp3) is 0.200. The Labute approximate surface area is 114 Å². The van der Waals surface area contributed by atoms with Crippen LogP contribution in [-0.2, 0) is 5.67 Å². The van der Waals surface area contributed by atoms with Crippen molar-refractivity contribution in [3.05, 3.63) is 71.8 Å². The van der Waals surface area contributed by atoms with E-state index in [1.807, 2.05) is 0 Å². The van der Waals surface area contributed by atoms with Crippen molar-refractivity contribution in [3.8, 4) is 0 Å². The molecule has 0 saturated heterocycles. The molecule has 0 aliphatic carbocycles. The van der Waals surface area contributed by atoms with Crippen LogP contribution >= 0.6 is 0 Å². The number of hydrogen-bond donors (Lipinski definition) is 1. The van der Waals surface area contributed by atoms with Crippen molar-refractivity contribution in [2.24, 2.45) is 5.73 Å². The summed E-state index contributed by atoms with van der Waals surface area (Å²) < 4.78 is 54.7. The van der Waals surface area contributed by atoms with Crippen LogP contribution in [0.3, 0.4) is 0 Å². The van der Waals surface area contributed by atoms with E-state index in [2.05, 4.69) is 0 Å². The average Bonchev–Trinajstić information content (AvgIpc) is 2.46. The van der Waals surface area contributed by atoms with Gasteiger partial charge in [-0.3, -0.25) is 0 Å². The van der Waals surface area contributed by atoms with Gasteiger partial charge in [0, 0.05) is 5.56 Å². The smallest absolute Gasteiger partial charge is 0.321 e. The average molecular weight is 283 g/mol. The monoisotopic (exact) mass is 283 g/mol. The fourth-order valence-electron chi connectivity index (χ4n) is 2.09. The van der Waals surface area contributed by atoms with E-state index in [1.54, 1.807) is 6.07 Å². The van der Waals surface area contributed by atoms with Gasteiger partial charge in [0.1, 0.15) is 0 Å². The third-order valence-electron chi connectivity index (χ3n) is 3.19. The highest BCUT2D eigenvalue weighted by molar-refractivity contribution is 5.32. The van der Waals surface area contributed by atoms with Crippen LogP contribution in [0.15, 0.2) is 60.7 Å². The molecule has 5 heteroatoms. The second-order valence-electron chi connectivity index (χ2n) is 4.46. The van der Waals surface area contributed by atoms with Crippen molar-refractivity contribution in [3.63, 3.8) is 0 Å². The van der Waals surface area contributed by atoms with E-state index in [4.69, 9.17) is 5.73 Å². The Morgan fingerprint density at radius 1 is 0.750 bits per heavy atom.